The Kier molecular flexibility index (Phi) is 4.77. The summed E-state index contributed by atoms with van der Waals surface area (Å²) < 4.78 is 0. The highest BCUT2D eigenvalue weighted by molar-refractivity contribution is 6.33. The molecule has 4 heteroatoms. The van der Waals surface area contributed by atoms with Gasteiger partial charge in [0.1, 0.15) is 0 Å². The van der Waals surface area contributed by atoms with E-state index in [1.54, 1.807) is 6.92 Å². The summed E-state index contributed by atoms with van der Waals surface area (Å²) in [4.78, 5) is 9.56. The van der Waals surface area contributed by atoms with Crippen LogP contribution in [-0.2, 0) is 11.2 Å². The van der Waals surface area contributed by atoms with Gasteiger partial charge >= 0.3 is 5.97 Å². The molecule has 0 aliphatic heterocycles. The van der Waals surface area contributed by atoms with Crippen LogP contribution in [0.1, 0.15) is 18.9 Å². The molecule has 0 saturated carbocycles. The monoisotopic (exact) mass is 241 g/mol. The number of halogens is 1. The van der Waals surface area contributed by atoms with Crippen LogP contribution in [0.15, 0.2) is 30.3 Å². The summed E-state index contributed by atoms with van der Waals surface area (Å²) in [6.07, 6.45) is 1.11. The Balaban J connectivity index is 2.43. The smallest absolute Gasteiger partial charge is 0.339 e. The van der Waals surface area contributed by atoms with Crippen LogP contribution in [0.2, 0.25) is 0 Å². The second-order valence-corrected chi connectivity index (χ2v) is 4.27. The molecule has 0 aromatic heterocycles. The number of hydrogen-bond donors (Lipinski definition) is 2. The lowest BCUT2D eigenvalue weighted by Crippen LogP contribution is -2.47. The van der Waals surface area contributed by atoms with Crippen molar-refractivity contribution in [1.82, 2.24) is 5.32 Å². The van der Waals surface area contributed by atoms with Crippen molar-refractivity contribution >= 4 is 17.6 Å². The van der Waals surface area contributed by atoms with Gasteiger partial charge < -0.3 is 5.11 Å². The largest absolute Gasteiger partial charge is 0.479 e. The van der Waals surface area contributed by atoms with Gasteiger partial charge in [-0.1, -0.05) is 48.9 Å². The summed E-state index contributed by atoms with van der Waals surface area (Å²) in [5.74, 6) is -1.02. The molecular formula is C12H16ClNO2. The Morgan fingerprint density at radius 1 is 1.44 bits per heavy atom. The average Bonchev–Trinajstić information content (AvgIpc) is 2.30. The van der Waals surface area contributed by atoms with Crippen molar-refractivity contribution in [2.75, 3.05) is 6.54 Å². The lowest BCUT2D eigenvalue weighted by Gasteiger charge is -2.21. The molecule has 0 spiro atoms. The van der Waals surface area contributed by atoms with E-state index in [1.165, 1.54) is 0 Å². The molecule has 3 nitrogen and oxygen atoms in total. The normalized spacial score (nSPS) is 14.4. The molecule has 1 aromatic rings. The molecule has 88 valence electrons. The number of carbonyl (C=O) groups is 1. The highest BCUT2D eigenvalue weighted by Gasteiger charge is 2.32. The Hall–Kier alpha value is -1.06. The van der Waals surface area contributed by atoms with E-state index in [2.05, 4.69) is 5.32 Å². The second-order valence-electron chi connectivity index (χ2n) is 3.62. The summed E-state index contributed by atoms with van der Waals surface area (Å²) >= 11 is 5.91. The molecule has 1 atom stereocenters. The maximum atomic E-state index is 10.9. The number of rotatable bonds is 6. The standard InChI is InChI=1S/C12H16ClNO2/c1-2-12(13,11(15)16)14-9-8-10-6-4-3-5-7-10/h3-7,14H,2,8-9H2,1H3,(H,15,16). The van der Waals surface area contributed by atoms with Gasteiger partial charge in [-0.2, -0.15) is 0 Å². The summed E-state index contributed by atoms with van der Waals surface area (Å²) in [7, 11) is 0. The third-order valence-corrected chi connectivity index (χ3v) is 3.05. The van der Waals surface area contributed by atoms with Gasteiger partial charge in [-0.3, -0.25) is 5.32 Å². The SMILES string of the molecule is CCC(Cl)(NCCc1ccccc1)C(=O)O. The van der Waals surface area contributed by atoms with Crippen LogP contribution >= 0.6 is 11.6 Å². The topological polar surface area (TPSA) is 49.3 Å². The maximum Gasteiger partial charge on any atom is 0.339 e. The summed E-state index contributed by atoms with van der Waals surface area (Å²) in [6, 6.07) is 9.88. The first-order chi connectivity index (χ1) is 7.58. The minimum Gasteiger partial charge on any atom is -0.479 e. The molecule has 16 heavy (non-hydrogen) atoms. The molecule has 0 aliphatic rings. The highest BCUT2D eigenvalue weighted by atomic mass is 35.5. The number of carboxylic acids is 1. The van der Waals surface area contributed by atoms with Gasteiger partial charge in [-0.25, -0.2) is 4.79 Å². The summed E-state index contributed by atoms with van der Waals surface area (Å²) in [5.41, 5.74) is 1.16. The molecule has 0 bridgehead atoms. The fraction of sp³-hybridized carbons (Fsp3) is 0.417. The van der Waals surface area contributed by atoms with Crippen molar-refractivity contribution in [1.29, 1.82) is 0 Å². The zero-order chi connectivity index (χ0) is 12.0. The molecule has 1 unspecified atom stereocenters. The third-order valence-electron chi connectivity index (χ3n) is 2.49. The zero-order valence-electron chi connectivity index (χ0n) is 9.24. The van der Waals surface area contributed by atoms with Gasteiger partial charge in [-0.15, -0.1) is 0 Å². The molecule has 0 radical (unpaired) electrons. The van der Waals surface area contributed by atoms with E-state index in [4.69, 9.17) is 16.7 Å². The Morgan fingerprint density at radius 3 is 2.56 bits per heavy atom. The highest BCUT2D eigenvalue weighted by Crippen LogP contribution is 2.16. The van der Waals surface area contributed by atoms with E-state index in [0.29, 0.717) is 13.0 Å². The van der Waals surface area contributed by atoms with Crippen LogP contribution in [0.25, 0.3) is 0 Å². The lowest BCUT2D eigenvalue weighted by molar-refractivity contribution is -0.141. The molecule has 2 N–H and O–H groups in total. The van der Waals surface area contributed by atoms with Crippen molar-refractivity contribution in [3.8, 4) is 0 Å². The summed E-state index contributed by atoms with van der Waals surface area (Å²) in [6.45, 7) is 2.30. The molecule has 1 rings (SSSR count). The lowest BCUT2D eigenvalue weighted by atomic mass is 10.1. The van der Waals surface area contributed by atoms with Crippen molar-refractivity contribution in [2.24, 2.45) is 0 Å². The van der Waals surface area contributed by atoms with Crippen LogP contribution < -0.4 is 5.32 Å². The predicted octanol–water partition coefficient (Wildman–Crippen LogP) is 2.25. The molecule has 0 heterocycles. The fourth-order valence-electron chi connectivity index (χ4n) is 1.40. The van der Waals surface area contributed by atoms with E-state index < -0.39 is 11.0 Å². The van der Waals surface area contributed by atoms with E-state index in [1.807, 2.05) is 30.3 Å². The first-order valence-corrected chi connectivity index (χ1v) is 5.67. The van der Waals surface area contributed by atoms with Gasteiger partial charge in [0.05, 0.1) is 0 Å². The van der Waals surface area contributed by atoms with E-state index in [0.717, 1.165) is 12.0 Å². The predicted molar refractivity (Wildman–Crippen MR) is 64.7 cm³/mol. The van der Waals surface area contributed by atoms with E-state index in [-0.39, 0.29) is 0 Å². The van der Waals surface area contributed by atoms with Gasteiger partial charge in [0.15, 0.2) is 5.00 Å². The van der Waals surface area contributed by atoms with Crippen LogP contribution in [0.4, 0.5) is 0 Å². The van der Waals surface area contributed by atoms with Gasteiger partial charge in [0.2, 0.25) is 0 Å². The van der Waals surface area contributed by atoms with Crippen LogP contribution in [0.3, 0.4) is 0 Å². The van der Waals surface area contributed by atoms with Crippen molar-refractivity contribution in [2.45, 2.75) is 24.8 Å². The minimum atomic E-state index is -1.34. The number of hydrogen-bond acceptors (Lipinski definition) is 2. The number of aliphatic carboxylic acids is 1. The fourth-order valence-corrected chi connectivity index (χ4v) is 1.50. The number of nitrogens with one attached hydrogen (secondary N) is 1. The van der Waals surface area contributed by atoms with Gasteiger partial charge in [0, 0.05) is 6.54 Å². The zero-order valence-corrected chi connectivity index (χ0v) is 10.00. The number of carboxylic acid groups (broad SMARTS) is 1. The maximum absolute atomic E-state index is 10.9. The van der Waals surface area contributed by atoms with Crippen LogP contribution in [-0.4, -0.2) is 22.6 Å². The van der Waals surface area contributed by atoms with Gasteiger partial charge in [0.25, 0.3) is 0 Å². The van der Waals surface area contributed by atoms with Crippen molar-refractivity contribution in [3.05, 3.63) is 35.9 Å². The number of benzene rings is 1. The Morgan fingerprint density at radius 2 is 2.06 bits per heavy atom. The van der Waals surface area contributed by atoms with Crippen LogP contribution in [0.5, 0.6) is 0 Å². The molecule has 0 fully saturated rings. The van der Waals surface area contributed by atoms with Gasteiger partial charge in [-0.05, 0) is 18.4 Å². The third kappa shape index (κ3) is 3.51. The number of alkyl halides is 1. The quantitative estimate of drug-likeness (QED) is 0.593. The van der Waals surface area contributed by atoms with Crippen molar-refractivity contribution in [3.63, 3.8) is 0 Å². The summed E-state index contributed by atoms with van der Waals surface area (Å²) in [5, 5.41) is 11.8. The van der Waals surface area contributed by atoms with E-state index in [9.17, 15) is 4.79 Å². The molecule has 0 amide bonds. The Labute approximate surface area is 100 Å². The molecule has 0 aliphatic carbocycles. The molecule has 0 saturated heterocycles. The van der Waals surface area contributed by atoms with E-state index >= 15 is 0 Å². The minimum absolute atomic E-state index is 0.346. The molecular weight excluding hydrogens is 226 g/mol. The first kappa shape index (κ1) is 13.0. The second kappa shape index (κ2) is 5.87. The van der Waals surface area contributed by atoms with Crippen LogP contribution in [0, 0.1) is 0 Å². The Bertz CT molecular complexity index is 342. The first-order valence-electron chi connectivity index (χ1n) is 5.30. The molecule has 1 aromatic carbocycles. The average molecular weight is 242 g/mol. The van der Waals surface area contributed by atoms with Crippen molar-refractivity contribution < 1.29 is 9.90 Å².